The predicted octanol–water partition coefficient (Wildman–Crippen LogP) is 1.52. The standard InChI is InChI=1S/C30H47NO13/c1-16(32)31-24-22(41-18(3)34)14-30(27(37)39-9,29(38)12-10-21(11-13-29)28(6,7)8)44-26(24)25(43-20(5)36)23(42-19(4)35)15-40-17(2)33/h21-26,38H,10-15H2,1-9H3,(H,31,32)/t21?,22-,23+,24+,25+,26+,29?,30+/m0/s1. The molecule has 14 heteroatoms. The topological polar surface area (TPSA) is 190 Å². The van der Waals surface area contributed by atoms with Gasteiger partial charge in [0, 0.05) is 41.0 Å². The van der Waals surface area contributed by atoms with E-state index < -0.39 is 90.4 Å². The molecule has 44 heavy (non-hydrogen) atoms. The highest BCUT2D eigenvalue weighted by molar-refractivity contribution is 5.82. The Morgan fingerprint density at radius 2 is 1.48 bits per heavy atom. The molecule has 1 aliphatic carbocycles. The zero-order valence-corrected chi connectivity index (χ0v) is 27.1. The first-order valence-corrected chi connectivity index (χ1v) is 14.7. The number of ether oxygens (including phenoxy) is 6. The quantitative estimate of drug-likeness (QED) is 0.261. The van der Waals surface area contributed by atoms with E-state index in [2.05, 4.69) is 26.1 Å². The molecule has 1 heterocycles. The van der Waals surface area contributed by atoms with Gasteiger partial charge in [0.25, 0.3) is 0 Å². The van der Waals surface area contributed by atoms with Crippen LogP contribution in [0, 0.1) is 11.3 Å². The van der Waals surface area contributed by atoms with Gasteiger partial charge in [0.1, 0.15) is 24.4 Å². The van der Waals surface area contributed by atoms with Crippen LogP contribution in [-0.4, -0.2) is 96.2 Å². The summed E-state index contributed by atoms with van der Waals surface area (Å²) in [4.78, 5) is 74.8. The first-order valence-electron chi connectivity index (χ1n) is 14.7. The second-order valence-electron chi connectivity index (χ2n) is 12.7. The average Bonchev–Trinajstić information content (AvgIpc) is 2.89. The zero-order valence-electron chi connectivity index (χ0n) is 27.1. The third-order valence-corrected chi connectivity index (χ3v) is 8.33. The van der Waals surface area contributed by atoms with Crippen molar-refractivity contribution in [3.05, 3.63) is 0 Å². The molecule has 0 bridgehead atoms. The van der Waals surface area contributed by atoms with Crippen molar-refractivity contribution in [1.29, 1.82) is 0 Å². The SMILES string of the molecule is COC(=O)[C@@]1(C2(O)CCC(C(C)(C)C)CC2)C[C@H](OC(C)=O)[C@@H](NC(C)=O)[C@H]([C@H](OC(C)=O)[C@@H](COC(C)=O)OC(C)=O)O1. The molecule has 2 N–H and O–H groups in total. The highest BCUT2D eigenvalue weighted by atomic mass is 16.6. The van der Waals surface area contributed by atoms with Gasteiger partial charge in [-0.1, -0.05) is 20.8 Å². The van der Waals surface area contributed by atoms with Crippen molar-refractivity contribution in [3.63, 3.8) is 0 Å². The van der Waals surface area contributed by atoms with Crippen LogP contribution in [-0.2, 0) is 57.2 Å². The summed E-state index contributed by atoms with van der Waals surface area (Å²) in [5.74, 6) is -4.58. The summed E-state index contributed by atoms with van der Waals surface area (Å²) in [6.07, 6.45) is -5.21. The fraction of sp³-hybridized carbons (Fsp3) is 0.800. The van der Waals surface area contributed by atoms with Crippen molar-refractivity contribution in [2.24, 2.45) is 11.3 Å². The molecule has 14 nitrogen and oxygen atoms in total. The van der Waals surface area contributed by atoms with E-state index in [1.165, 1.54) is 6.92 Å². The van der Waals surface area contributed by atoms with E-state index in [1.54, 1.807) is 0 Å². The zero-order chi connectivity index (χ0) is 33.6. The molecule has 0 radical (unpaired) electrons. The molecule has 1 aliphatic heterocycles. The fourth-order valence-corrected chi connectivity index (χ4v) is 6.29. The van der Waals surface area contributed by atoms with E-state index in [9.17, 15) is 33.9 Å². The minimum atomic E-state index is -2.19. The number of hydrogen-bond acceptors (Lipinski definition) is 13. The monoisotopic (exact) mass is 629 g/mol. The molecular weight excluding hydrogens is 582 g/mol. The molecule has 1 amide bonds. The number of nitrogens with one attached hydrogen (secondary N) is 1. The third-order valence-electron chi connectivity index (χ3n) is 8.33. The van der Waals surface area contributed by atoms with Crippen LogP contribution in [0.3, 0.4) is 0 Å². The van der Waals surface area contributed by atoms with Gasteiger partial charge in [0.05, 0.1) is 13.2 Å². The van der Waals surface area contributed by atoms with Crippen LogP contribution in [0.25, 0.3) is 0 Å². The van der Waals surface area contributed by atoms with E-state index in [-0.39, 0.29) is 24.2 Å². The number of carbonyl (C=O) groups is 6. The van der Waals surface area contributed by atoms with Gasteiger partial charge in [0.2, 0.25) is 5.91 Å². The maximum atomic E-state index is 13.8. The Morgan fingerprint density at radius 3 is 1.91 bits per heavy atom. The maximum Gasteiger partial charge on any atom is 0.341 e. The molecule has 6 atom stereocenters. The Bertz CT molecular complexity index is 1090. The summed E-state index contributed by atoms with van der Waals surface area (Å²) < 4.78 is 33.4. The molecule has 250 valence electrons. The number of esters is 5. The summed E-state index contributed by atoms with van der Waals surface area (Å²) in [5, 5.41) is 14.9. The molecule has 0 unspecified atom stereocenters. The fourth-order valence-electron chi connectivity index (χ4n) is 6.29. The smallest absolute Gasteiger partial charge is 0.341 e. The summed E-state index contributed by atoms with van der Waals surface area (Å²) in [6, 6.07) is -1.29. The molecule has 2 aliphatic rings. The van der Waals surface area contributed by atoms with Crippen molar-refractivity contribution in [2.45, 2.75) is 129 Å². The Balaban J connectivity index is 2.81. The van der Waals surface area contributed by atoms with Gasteiger partial charge >= 0.3 is 29.8 Å². The van der Waals surface area contributed by atoms with Crippen LogP contribution in [0.15, 0.2) is 0 Å². The second-order valence-corrected chi connectivity index (χ2v) is 12.7. The third kappa shape index (κ3) is 8.90. The normalized spacial score (nSPS) is 30.1. The molecule has 0 aromatic rings. The molecule has 1 saturated carbocycles. The van der Waals surface area contributed by atoms with Crippen LogP contribution in [0.5, 0.6) is 0 Å². The minimum Gasteiger partial charge on any atom is -0.467 e. The molecule has 1 saturated heterocycles. The van der Waals surface area contributed by atoms with Crippen LogP contribution in [0.1, 0.15) is 87.5 Å². The predicted molar refractivity (Wildman–Crippen MR) is 151 cm³/mol. The van der Waals surface area contributed by atoms with Crippen LogP contribution in [0.2, 0.25) is 0 Å². The van der Waals surface area contributed by atoms with Crippen molar-refractivity contribution in [1.82, 2.24) is 5.32 Å². The number of carbonyl (C=O) groups excluding carboxylic acids is 6. The van der Waals surface area contributed by atoms with Crippen molar-refractivity contribution >= 4 is 35.8 Å². The van der Waals surface area contributed by atoms with Crippen LogP contribution in [0.4, 0.5) is 0 Å². The van der Waals surface area contributed by atoms with Gasteiger partial charge in [-0.3, -0.25) is 24.0 Å². The van der Waals surface area contributed by atoms with E-state index in [0.717, 1.165) is 34.8 Å². The lowest BCUT2D eigenvalue weighted by Gasteiger charge is -2.56. The summed E-state index contributed by atoms with van der Waals surface area (Å²) in [6.45, 7) is 11.2. The Hall–Kier alpha value is -3.26. The van der Waals surface area contributed by atoms with Gasteiger partial charge in [-0.05, 0) is 37.0 Å². The number of amides is 1. The van der Waals surface area contributed by atoms with E-state index in [4.69, 9.17) is 28.4 Å². The number of methoxy groups -OCH3 is 1. The molecular formula is C30H47NO13. The molecule has 2 fully saturated rings. The highest BCUT2D eigenvalue weighted by Gasteiger charge is 2.66. The largest absolute Gasteiger partial charge is 0.467 e. The van der Waals surface area contributed by atoms with E-state index in [0.29, 0.717) is 12.8 Å². The lowest BCUT2D eigenvalue weighted by atomic mass is 9.62. The van der Waals surface area contributed by atoms with Gasteiger partial charge in [-0.15, -0.1) is 0 Å². The van der Waals surface area contributed by atoms with Crippen LogP contribution < -0.4 is 5.32 Å². The molecule has 0 aromatic heterocycles. The Morgan fingerprint density at radius 1 is 0.909 bits per heavy atom. The number of hydrogen-bond donors (Lipinski definition) is 2. The van der Waals surface area contributed by atoms with Gasteiger partial charge in [0.15, 0.2) is 17.8 Å². The molecule has 0 spiro atoms. The minimum absolute atomic E-state index is 0.0825. The molecule has 0 aromatic carbocycles. The number of rotatable bonds is 10. The second kappa shape index (κ2) is 14.7. The first kappa shape index (κ1) is 36.9. The van der Waals surface area contributed by atoms with E-state index in [1.807, 2.05) is 0 Å². The Kier molecular flexibility index (Phi) is 12.3. The summed E-state index contributed by atoms with van der Waals surface area (Å²) in [7, 11) is 1.11. The highest BCUT2D eigenvalue weighted by Crippen LogP contribution is 2.51. The molecule has 2 rings (SSSR count). The van der Waals surface area contributed by atoms with Gasteiger partial charge < -0.3 is 38.8 Å². The first-order chi connectivity index (χ1) is 20.3. The van der Waals surface area contributed by atoms with Gasteiger partial charge in [-0.25, -0.2) is 4.79 Å². The van der Waals surface area contributed by atoms with Gasteiger partial charge in [-0.2, -0.15) is 0 Å². The van der Waals surface area contributed by atoms with Crippen LogP contribution >= 0.6 is 0 Å². The lowest BCUT2D eigenvalue weighted by molar-refractivity contribution is -0.287. The summed E-state index contributed by atoms with van der Waals surface area (Å²) >= 11 is 0. The van der Waals surface area contributed by atoms with Crippen molar-refractivity contribution in [2.75, 3.05) is 13.7 Å². The van der Waals surface area contributed by atoms with E-state index >= 15 is 0 Å². The lowest BCUT2D eigenvalue weighted by Crippen LogP contribution is -2.74. The average molecular weight is 630 g/mol. The number of aliphatic hydroxyl groups is 1. The Labute approximate surface area is 257 Å². The summed E-state index contributed by atoms with van der Waals surface area (Å²) in [5.41, 5.74) is -4.13. The maximum absolute atomic E-state index is 13.8. The van der Waals surface area contributed by atoms with Crippen molar-refractivity contribution in [3.8, 4) is 0 Å². The van der Waals surface area contributed by atoms with Crippen molar-refractivity contribution < 1.29 is 62.3 Å².